The fraction of sp³-hybridized carbons (Fsp3) is 0.130. The number of hydrogen-bond acceptors (Lipinski definition) is 7. The summed E-state index contributed by atoms with van der Waals surface area (Å²) in [5.41, 5.74) is 5.04. The summed E-state index contributed by atoms with van der Waals surface area (Å²) in [6.07, 6.45) is 1.34. The number of nitrogens with zero attached hydrogens (tertiary/aromatic N) is 1. The molecular weight excluding hydrogens is 430 g/mol. The van der Waals surface area contributed by atoms with Gasteiger partial charge >= 0.3 is 17.8 Å². The maximum absolute atomic E-state index is 12.1. The van der Waals surface area contributed by atoms with Gasteiger partial charge in [-0.3, -0.25) is 9.59 Å². The second kappa shape index (κ2) is 10.4. The van der Waals surface area contributed by atoms with Crippen molar-refractivity contribution < 1.29 is 23.9 Å². The first kappa shape index (κ1) is 22.7. The van der Waals surface area contributed by atoms with E-state index in [4.69, 9.17) is 9.47 Å². The van der Waals surface area contributed by atoms with Gasteiger partial charge in [0, 0.05) is 5.69 Å². The fourth-order valence-electron chi connectivity index (χ4n) is 2.79. The van der Waals surface area contributed by atoms with Crippen molar-refractivity contribution in [2.24, 2.45) is 5.10 Å². The van der Waals surface area contributed by atoms with Crippen LogP contribution < -0.4 is 20.2 Å². The highest BCUT2D eigenvalue weighted by Crippen LogP contribution is 2.29. The van der Waals surface area contributed by atoms with Crippen LogP contribution >= 0.6 is 11.3 Å². The van der Waals surface area contributed by atoms with Gasteiger partial charge in [-0.15, -0.1) is 11.3 Å². The molecule has 3 rings (SSSR count). The predicted octanol–water partition coefficient (Wildman–Crippen LogP) is 3.68. The summed E-state index contributed by atoms with van der Waals surface area (Å²) in [7, 11) is 1.44. The van der Waals surface area contributed by atoms with Crippen molar-refractivity contribution in [3.8, 4) is 11.5 Å². The van der Waals surface area contributed by atoms with Crippen LogP contribution in [0.4, 0.5) is 5.69 Å². The Labute approximate surface area is 188 Å². The van der Waals surface area contributed by atoms with E-state index in [0.717, 1.165) is 11.1 Å². The number of anilines is 1. The average molecular weight is 452 g/mol. The Hall–Kier alpha value is -3.98. The van der Waals surface area contributed by atoms with Gasteiger partial charge < -0.3 is 14.8 Å². The molecule has 9 heteroatoms. The number of para-hydroxylation sites is 1. The van der Waals surface area contributed by atoms with Crippen molar-refractivity contribution in [3.63, 3.8) is 0 Å². The SMILES string of the molecule is COc1cc(C=NNC(=O)C(=O)Nc2c(C)cccc2C)ccc1OC(=O)c1cccs1. The number of rotatable bonds is 6. The quantitative estimate of drug-likeness (QED) is 0.196. The lowest BCUT2D eigenvalue weighted by Crippen LogP contribution is -2.32. The second-order valence-electron chi connectivity index (χ2n) is 6.70. The molecule has 0 radical (unpaired) electrons. The van der Waals surface area contributed by atoms with Crippen LogP contribution in [0.25, 0.3) is 0 Å². The van der Waals surface area contributed by atoms with E-state index in [-0.39, 0.29) is 5.75 Å². The zero-order valence-electron chi connectivity index (χ0n) is 17.7. The topological polar surface area (TPSA) is 106 Å². The van der Waals surface area contributed by atoms with E-state index in [1.165, 1.54) is 24.7 Å². The Morgan fingerprint density at radius 2 is 1.72 bits per heavy atom. The monoisotopic (exact) mass is 451 g/mol. The van der Waals surface area contributed by atoms with Crippen molar-refractivity contribution >= 4 is 41.0 Å². The van der Waals surface area contributed by atoms with E-state index in [1.54, 1.807) is 35.7 Å². The molecule has 0 unspecified atom stereocenters. The molecule has 1 heterocycles. The number of aryl methyl sites for hydroxylation is 2. The first-order chi connectivity index (χ1) is 15.4. The summed E-state index contributed by atoms with van der Waals surface area (Å²) in [6, 6.07) is 13.7. The molecule has 164 valence electrons. The zero-order chi connectivity index (χ0) is 23.1. The molecule has 32 heavy (non-hydrogen) atoms. The number of hydrogen-bond donors (Lipinski definition) is 2. The van der Waals surface area contributed by atoms with Gasteiger partial charge in [-0.2, -0.15) is 5.10 Å². The molecule has 0 bridgehead atoms. The van der Waals surface area contributed by atoms with Gasteiger partial charge in [0.15, 0.2) is 11.5 Å². The molecule has 2 N–H and O–H groups in total. The number of carbonyl (C=O) groups is 3. The molecule has 0 aliphatic rings. The van der Waals surface area contributed by atoms with Gasteiger partial charge in [-0.1, -0.05) is 24.3 Å². The van der Waals surface area contributed by atoms with Gasteiger partial charge in [0.25, 0.3) is 0 Å². The van der Waals surface area contributed by atoms with Crippen LogP contribution in [0.5, 0.6) is 11.5 Å². The molecular formula is C23H21N3O5S. The van der Waals surface area contributed by atoms with Crippen LogP contribution in [0, 0.1) is 13.8 Å². The number of hydrazone groups is 1. The van der Waals surface area contributed by atoms with Gasteiger partial charge in [0.1, 0.15) is 4.88 Å². The Morgan fingerprint density at radius 1 is 0.969 bits per heavy atom. The van der Waals surface area contributed by atoms with Crippen molar-refractivity contribution in [2.75, 3.05) is 12.4 Å². The predicted molar refractivity (Wildman–Crippen MR) is 123 cm³/mol. The van der Waals surface area contributed by atoms with Crippen molar-refractivity contribution in [3.05, 3.63) is 75.5 Å². The molecule has 0 aliphatic heterocycles. The molecule has 2 aromatic carbocycles. The third kappa shape index (κ3) is 5.58. The average Bonchev–Trinajstić information content (AvgIpc) is 3.32. The summed E-state index contributed by atoms with van der Waals surface area (Å²) < 4.78 is 10.6. The standard InChI is InChI=1S/C23H21N3O5S/c1-14-6-4-7-15(2)20(14)25-21(27)22(28)26-24-13-16-9-10-17(18(12-16)30-3)31-23(29)19-8-5-11-32-19/h4-13H,1-3H3,(H,25,27)(H,26,28). The number of esters is 1. The zero-order valence-corrected chi connectivity index (χ0v) is 18.5. The molecule has 8 nitrogen and oxygen atoms in total. The van der Waals surface area contributed by atoms with Gasteiger partial charge in [0.2, 0.25) is 0 Å². The maximum atomic E-state index is 12.1. The van der Waals surface area contributed by atoms with Gasteiger partial charge in [0.05, 0.1) is 13.3 Å². The lowest BCUT2D eigenvalue weighted by atomic mass is 10.1. The smallest absolute Gasteiger partial charge is 0.353 e. The molecule has 0 atom stereocenters. The lowest BCUT2D eigenvalue weighted by Gasteiger charge is -2.10. The Kier molecular flexibility index (Phi) is 7.35. The molecule has 1 aromatic heterocycles. The first-order valence-corrected chi connectivity index (χ1v) is 10.4. The number of carbonyl (C=O) groups excluding carboxylic acids is 3. The van der Waals surface area contributed by atoms with E-state index in [0.29, 0.717) is 21.9 Å². The fourth-order valence-corrected chi connectivity index (χ4v) is 3.39. The normalized spacial score (nSPS) is 10.6. The number of amides is 2. The van der Waals surface area contributed by atoms with Crippen LogP contribution in [-0.2, 0) is 9.59 Å². The van der Waals surface area contributed by atoms with Crippen LogP contribution in [-0.4, -0.2) is 31.1 Å². The highest BCUT2D eigenvalue weighted by atomic mass is 32.1. The lowest BCUT2D eigenvalue weighted by molar-refractivity contribution is -0.136. The Bertz CT molecular complexity index is 1150. The summed E-state index contributed by atoms with van der Waals surface area (Å²) in [4.78, 5) is 36.8. The van der Waals surface area contributed by atoms with Crippen LogP contribution in [0.2, 0.25) is 0 Å². The third-order valence-electron chi connectivity index (χ3n) is 4.42. The molecule has 0 fully saturated rings. The molecule has 2 amide bonds. The second-order valence-corrected chi connectivity index (χ2v) is 7.64. The molecule has 3 aromatic rings. The van der Waals surface area contributed by atoms with E-state index in [2.05, 4.69) is 15.8 Å². The Morgan fingerprint density at radius 3 is 2.38 bits per heavy atom. The summed E-state index contributed by atoms with van der Waals surface area (Å²) in [5.74, 6) is -1.65. The molecule has 0 spiro atoms. The number of nitrogens with one attached hydrogen (secondary N) is 2. The minimum absolute atomic E-state index is 0.250. The van der Waals surface area contributed by atoms with Crippen LogP contribution in [0.3, 0.4) is 0 Å². The Balaban J connectivity index is 1.61. The first-order valence-electron chi connectivity index (χ1n) is 9.53. The van der Waals surface area contributed by atoms with Gasteiger partial charge in [-0.05, 0) is 60.2 Å². The van der Waals surface area contributed by atoms with Gasteiger partial charge in [-0.25, -0.2) is 10.2 Å². The number of methoxy groups -OCH3 is 1. The molecule has 0 saturated heterocycles. The summed E-state index contributed by atoms with van der Waals surface area (Å²) in [6.45, 7) is 3.68. The van der Waals surface area contributed by atoms with E-state index < -0.39 is 17.8 Å². The van der Waals surface area contributed by atoms with E-state index >= 15 is 0 Å². The van der Waals surface area contributed by atoms with Crippen molar-refractivity contribution in [2.45, 2.75) is 13.8 Å². The number of thiophene rings is 1. The highest BCUT2D eigenvalue weighted by molar-refractivity contribution is 7.12. The molecule has 0 aliphatic carbocycles. The summed E-state index contributed by atoms with van der Waals surface area (Å²) in [5, 5.41) is 8.18. The number of benzene rings is 2. The van der Waals surface area contributed by atoms with Crippen LogP contribution in [0.15, 0.2) is 59.0 Å². The maximum Gasteiger partial charge on any atom is 0.353 e. The largest absolute Gasteiger partial charge is 0.493 e. The van der Waals surface area contributed by atoms with E-state index in [9.17, 15) is 14.4 Å². The minimum atomic E-state index is -0.905. The van der Waals surface area contributed by atoms with Crippen molar-refractivity contribution in [1.29, 1.82) is 0 Å². The third-order valence-corrected chi connectivity index (χ3v) is 5.27. The number of ether oxygens (including phenoxy) is 2. The minimum Gasteiger partial charge on any atom is -0.493 e. The van der Waals surface area contributed by atoms with E-state index in [1.807, 2.05) is 32.0 Å². The molecule has 0 saturated carbocycles. The van der Waals surface area contributed by atoms with Crippen LogP contribution in [0.1, 0.15) is 26.4 Å². The summed E-state index contributed by atoms with van der Waals surface area (Å²) >= 11 is 1.28. The highest BCUT2D eigenvalue weighted by Gasteiger charge is 2.16. The van der Waals surface area contributed by atoms with Crippen molar-refractivity contribution in [1.82, 2.24) is 5.43 Å².